The fourth-order valence-electron chi connectivity index (χ4n) is 1.24. The molecule has 18 heavy (non-hydrogen) atoms. The van der Waals surface area contributed by atoms with Crippen LogP contribution in [-0.2, 0) is 0 Å². The molecule has 6 nitrogen and oxygen atoms in total. The van der Waals surface area contributed by atoms with Crippen molar-refractivity contribution in [1.82, 2.24) is 20.2 Å². The van der Waals surface area contributed by atoms with Gasteiger partial charge in [-0.05, 0) is 34.7 Å². The summed E-state index contributed by atoms with van der Waals surface area (Å²) in [5, 5.41) is 30.5. The van der Waals surface area contributed by atoms with Gasteiger partial charge in [-0.15, -0.1) is 5.10 Å². The van der Waals surface area contributed by atoms with Crippen molar-refractivity contribution in [3.8, 4) is 5.69 Å². The maximum Gasteiger partial charge on any atom is 0.214 e. The van der Waals surface area contributed by atoms with E-state index in [0.29, 0.717) is 15.9 Å². The van der Waals surface area contributed by atoms with Crippen LogP contribution in [0.15, 0.2) is 29.4 Å². The van der Waals surface area contributed by atoms with E-state index in [2.05, 4.69) is 15.5 Å². The van der Waals surface area contributed by atoms with Crippen LogP contribution in [0.25, 0.3) is 5.69 Å². The van der Waals surface area contributed by atoms with Crippen LogP contribution >= 0.6 is 23.4 Å². The van der Waals surface area contributed by atoms with Gasteiger partial charge in [-0.25, -0.2) is 0 Å². The lowest BCUT2D eigenvalue weighted by Gasteiger charge is -2.06. The monoisotopic (exact) mass is 286 g/mol. The van der Waals surface area contributed by atoms with Crippen LogP contribution in [0.4, 0.5) is 0 Å². The molecule has 1 atom stereocenters. The van der Waals surface area contributed by atoms with E-state index >= 15 is 0 Å². The molecule has 0 spiro atoms. The van der Waals surface area contributed by atoms with E-state index in [1.54, 1.807) is 28.9 Å². The van der Waals surface area contributed by atoms with Crippen LogP contribution in [0.5, 0.6) is 0 Å². The second-order valence-corrected chi connectivity index (χ2v) is 4.92. The molecule has 96 valence electrons. The Morgan fingerprint density at radius 1 is 1.33 bits per heavy atom. The van der Waals surface area contributed by atoms with Crippen molar-refractivity contribution in [3.63, 3.8) is 0 Å². The third-order valence-electron chi connectivity index (χ3n) is 2.13. The van der Waals surface area contributed by atoms with Crippen LogP contribution in [0.2, 0.25) is 5.02 Å². The fraction of sp³-hybridized carbons (Fsp3) is 0.300. The van der Waals surface area contributed by atoms with E-state index in [9.17, 15) is 5.11 Å². The smallest absolute Gasteiger partial charge is 0.214 e. The highest BCUT2D eigenvalue weighted by Gasteiger charge is 2.11. The first-order valence-electron chi connectivity index (χ1n) is 5.16. The Morgan fingerprint density at radius 3 is 2.72 bits per heavy atom. The molecule has 0 aliphatic carbocycles. The number of tetrazole rings is 1. The lowest BCUT2D eigenvalue weighted by Crippen LogP contribution is -2.15. The van der Waals surface area contributed by atoms with Crippen LogP contribution in [0.1, 0.15) is 0 Å². The number of hydrogen-bond donors (Lipinski definition) is 2. The largest absolute Gasteiger partial charge is 0.394 e. The maximum atomic E-state index is 9.29. The topological polar surface area (TPSA) is 84.1 Å². The SMILES string of the molecule is OCC(O)CSc1nnnn1-c1ccc(Cl)cc1. The second-order valence-electron chi connectivity index (χ2n) is 3.50. The molecule has 1 heterocycles. The molecule has 0 aliphatic heterocycles. The summed E-state index contributed by atoms with van der Waals surface area (Å²) < 4.78 is 1.55. The highest BCUT2D eigenvalue weighted by atomic mass is 35.5. The van der Waals surface area contributed by atoms with Gasteiger partial charge in [0.2, 0.25) is 5.16 Å². The lowest BCUT2D eigenvalue weighted by molar-refractivity contribution is 0.113. The molecule has 0 aliphatic rings. The van der Waals surface area contributed by atoms with Gasteiger partial charge in [0, 0.05) is 10.8 Å². The lowest BCUT2D eigenvalue weighted by atomic mass is 10.3. The molecular weight excluding hydrogens is 276 g/mol. The molecule has 0 bridgehead atoms. The Labute approximate surface area is 113 Å². The number of thioether (sulfide) groups is 1. The first kappa shape index (κ1) is 13.3. The summed E-state index contributed by atoms with van der Waals surface area (Å²) >= 11 is 7.08. The van der Waals surface area contributed by atoms with Gasteiger partial charge in [0.15, 0.2) is 0 Å². The van der Waals surface area contributed by atoms with Crippen molar-refractivity contribution in [3.05, 3.63) is 29.3 Å². The van der Waals surface area contributed by atoms with Gasteiger partial charge in [-0.3, -0.25) is 0 Å². The van der Waals surface area contributed by atoms with E-state index in [0.717, 1.165) is 5.69 Å². The van der Waals surface area contributed by atoms with Crippen LogP contribution in [0.3, 0.4) is 0 Å². The molecule has 2 N–H and O–H groups in total. The molecule has 1 aromatic heterocycles. The summed E-state index contributed by atoms with van der Waals surface area (Å²) in [5.41, 5.74) is 0.783. The van der Waals surface area contributed by atoms with E-state index in [4.69, 9.17) is 16.7 Å². The molecule has 2 aromatic rings. The summed E-state index contributed by atoms with van der Waals surface area (Å²) in [5.74, 6) is 0.324. The Bertz CT molecular complexity index is 505. The molecule has 0 amide bonds. The average Bonchev–Trinajstić information content (AvgIpc) is 2.85. The first-order valence-corrected chi connectivity index (χ1v) is 6.53. The van der Waals surface area contributed by atoms with Crippen molar-refractivity contribution in [2.24, 2.45) is 0 Å². The number of benzene rings is 1. The van der Waals surface area contributed by atoms with Crippen molar-refractivity contribution < 1.29 is 10.2 Å². The third kappa shape index (κ3) is 3.20. The number of halogens is 1. The third-order valence-corrected chi connectivity index (χ3v) is 3.44. The minimum Gasteiger partial charge on any atom is -0.394 e. The standard InChI is InChI=1S/C10H11ClN4O2S/c11-7-1-3-8(4-2-7)15-10(12-13-14-15)18-6-9(17)5-16/h1-4,9,16-17H,5-6H2. The number of aromatic nitrogens is 4. The van der Waals surface area contributed by atoms with Crippen LogP contribution in [-0.4, -0.2) is 48.9 Å². The molecule has 8 heteroatoms. The number of aliphatic hydroxyl groups excluding tert-OH is 2. The molecule has 1 aromatic carbocycles. The molecule has 1 unspecified atom stereocenters. The Kier molecular flexibility index (Phi) is 4.54. The number of hydrogen-bond acceptors (Lipinski definition) is 6. The van der Waals surface area contributed by atoms with Crippen molar-refractivity contribution in [1.29, 1.82) is 0 Å². The van der Waals surface area contributed by atoms with Gasteiger partial charge in [0.1, 0.15) is 0 Å². The minimum absolute atomic E-state index is 0.282. The van der Waals surface area contributed by atoms with Gasteiger partial charge in [-0.2, -0.15) is 4.68 Å². The van der Waals surface area contributed by atoms with Gasteiger partial charge in [-0.1, -0.05) is 23.4 Å². The van der Waals surface area contributed by atoms with E-state index in [1.807, 2.05) is 0 Å². The first-order chi connectivity index (χ1) is 8.70. The Morgan fingerprint density at radius 2 is 2.06 bits per heavy atom. The van der Waals surface area contributed by atoms with Gasteiger partial charge >= 0.3 is 0 Å². The van der Waals surface area contributed by atoms with Crippen molar-refractivity contribution in [2.75, 3.05) is 12.4 Å². The molecular formula is C10H11ClN4O2S. The van der Waals surface area contributed by atoms with Gasteiger partial charge in [0.05, 0.1) is 18.4 Å². The minimum atomic E-state index is -0.787. The van der Waals surface area contributed by atoms with E-state index in [1.165, 1.54) is 11.8 Å². The highest BCUT2D eigenvalue weighted by Crippen LogP contribution is 2.20. The highest BCUT2D eigenvalue weighted by molar-refractivity contribution is 7.99. The molecule has 0 saturated carbocycles. The zero-order valence-corrected chi connectivity index (χ0v) is 10.8. The Hall–Kier alpha value is -1.15. The normalized spacial score (nSPS) is 12.6. The van der Waals surface area contributed by atoms with E-state index in [-0.39, 0.29) is 6.61 Å². The molecule has 0 saturated heterocycles. The van der Waals surface area contributed by atoms with Gasteiger partial charge in [0.25, 0.3) is 0 Å². The molecule has 2 rings (SSSR count). The van der Waals surface area contributed by atoms with Gasteiger partial charge < -0.3 is 10.2 Å². The molecule has 0 fully saturated rings. The summed E-state index contributed by atoms with van der Waals surface area (Å²) in [6.07, 6.45) is -0.787. The Balaban J connectivity index is 2.14. The average molecular weight is 287 g/mol. The summed E-state index contributed by atoms with van der Waals surface area (Å²) in [6.45, 7) is -0.282. The number of rotatable bonds is 5. The van der Waals surface area contributed by atoms with Crippen LogP contribution in [0, 0.1) is 0 Å². The second kappa shape index (κ2) is 6.14. The van der Waals surface area contributed by atoms with Crippen molar-refractivity contribution in [2.45, 2.75) is 11.3 Å². The fourth-order valence-corrected chi connectivity index (χ4v) is 2.17. The quantitative estimate of drug-likeness (QED) is 0.790. The summed E-state index contributed by atoms with van der Waals surface area (Å²) in [6, 6.07) is 7.08. The number of aliphatic hydroxyl groups is 2. The zero-order chi connectivity index (χ0) is 13.0. The van der Waals surface area contributed by atoms with Crippen molar-refractivity contribution >= 4 is 23.4 Å². The molecule has 0 radical (unpaired) electrons. The summed E-state index contributed by atoms with van der Waals surface area (Å²) in [4.78, 5) is 0. The van der Waals surface area contributed by atoms with Crippen LogP contribution < -0.4 is 0 Å². The summed E-state index contributed by atoms with van der Waals surface area (Å²) in [7, 11) is 0. The predicted octanol–water partition coefficient (Wildman–Crippen LogP) is 0.761. The predicted molar refractivity (Wildman–Crippen MR) is 68.0 cm³/mol. The zero-order valence-electron chi connectivity index (χ0n) is 9.27. The maximum absolute atomic E-state index is 9.29. The number of nitrogens with zero attached hydrogens (tertiary/aromatic N) is 4. The van der Waals surface area contributed by atoms with E-state index < -0.39 is 6.10 Å².